The molecule has 0 saturated heterocycles. The SMILES string of the molecule is CCCc1nc(-c2ccccc2Br)ccc1C(=O)O. The lowest BCUT2D eigenvalue weighted by Crippen LogP contribution is -2.05. The molecule has 0 saturated carbocycles. The molecule has 2 aromatic rings. The molecule has 0 unspecified atom stereocenters. The molecule has 0 bridgehead atoms. The van der Waals surface area contributed by atoms with Crippen LogP contribution in [0.25, 0.3) is 11.3 Å². The molecule has 2 rings (SSSR count). The molecule has 3 nitrogen and oxygen atoms in total. The molecule has 1 aromatic heterocycles. The summed E-state index contributed by atoms with van der Waals surface area (Å²) in [7, 11) is 0. The number of carboxylic acids is 1. The summed E-state index contributed by atoms with van der Waals surface area (Å²) < 4.78 is 0.952. The number of carbonyl (C=O) groups is 1. The Morgan fingerprint density at radius 1 is 1.26 bits per heavy atom. The van der Waals surface area contributed by atoms with Gasteiger partial charge < -0.3 is 5.11 Å². The van der Waals surface area contributed by atoms with Crippen LogP contribution in [0.5, 0.6) is 0 Å². The normalized spacial score (nSPS) is 10.4. The molecule has 0 aliphatic carbocycles. The minimum absolute atomic E-state index is 0.289. The lowest BCUT2D eigenvalue weighted by atomic mass is 10.1. The highest BCUT2D eigenvalue weighted by Gasteiger charge is 2.13. The van der Waals surface area contributed by atoms with Gasteiger partial charge >= 0.3 is 5.97 Å². The Morgan fingerprint density at radius 3 is 2.63 bits per heavy atom. The van der Waals surface area contributed by atoms with Gasteiger partial charge in [0.05, 0.1) is 17.0 Å². The molecule has 0 amide bonds. The molecule has 0 radical (unpaired) electrons. The smallest absolute Gasteiger partial charge is 0.337 e. The van der Waals surface area contributed by atoms with E-state index in [0.29, 0.717) is 12.1 Å². The first-order valence-corrected chi connectivity index (χ1v) is 6.91. The number of carboxylic acid groups (broad SMARTS) is 1. The minimum Gasteiger partial charge on any atom is -0.478 e. The average Bonchev–Trinajstić information content (AvgIpc) is 2.39. The predicted octanol–water partition coefficient (Wildman–Crippen LogP) is 4.16. The largest absolute Gasteiger partial charge is 0.478 e. The molecule has 19 heavy (non-hydrogen) atoms. The van der Waals surface area contributed by atoms with Gasteiger partial charge in [0.2, 0.25) is 0 Å². The van der Waals surface area contributed by atoms with Crippen LogP contribution >= 0.6 is 15.9 Å². The van der Waals surface area contributed by atoms with Crippen molar-refractivity contribution in [1.82, 2.24) is 4.98 Å². The number of rotatable bonds is 4. The molecule has 1 N–H and O–H groups in total. The van der Waals surface area contributed by atoms with Crippen LogP contribution in [0.3, 0.4) is 0 Å². The standard InChI is InChI=1S/C15H14BrNO2/c1-2-5-13-11(15(18)19)8-9-14(17-13)10-6-3-4-7-12(10)16/h3-4,6-9H,2,5H2,1H3,(H,18,19). The summed E-state index contributed by atoms with van der Waals surface area (Å²) >= 11 is 3.49. The quantitative estimate of drug-likeness (QED) is 0.920. The number of nitrogens with zero attached hydrogens (tertiary/aromatic N) is 1. The molecular weight excluding hydrogens is 306 g/mol. The summed E-state index contributed by atoms with van der Waals surface area (Å²) in [5, 5.41) is 9.16. The van der Waals surface area contributed by atoms with E-state index in [1.807, 2.05) is 31.2 Å². The van der Waals surface area contributed by atoms with Crippen LogP contribution < -0.4 is 0 Å². The Morgan fingerprint density at radius 2 is 2.00 bits per heavy atom. The molecule has 0 fully saturated rings. The summed E-state index contributed by atoms with van der Waals surface area (Å²) in [4.78, 5) is 15.7. The van der Waals surface area contributed by atoms with E-state index in [1.54, 1.807) is 12.1 Å². The van der Waals surface area contributed by atoms with Gasteiger partial charge in [0, 0.05) is 10.0 Å². The van der Waals surface area contributed by atoms with Gasteiger partial charge in [0.15, 0.2) is 0 Å². The monoisotopic (exact) mass is 319 g/mol. The van der Waals surface area contributed by atoms with Gasteiger partial charge in [-0.05, 0) is 24.6 Å². The van der Waals surface area contributed by atoms with Crippen LogP contribution in [0.15, 0.2) is 40.9 Å². The van der Waals surface area contributed by atoms with Crippen LogP contribution in [0.4, 0.5) is 0 Å². The third-order valence-corrected chi connectivity index (χ3v) is 3.53. The minimum atomic E-state index is -0.922. The number of aryl methyl sites for hydroxylation is 1. The van der Waals surface area contributed by atoms with Gasteiger partial charge in [-0.3, -0.25) is 4.98 Å². The van der Waals surface area contributed by atoms with Crippen molar-refractivity contribution in [3.05, 3.63) is 52.1 Å². The van der Waals surface area contributed by atoms with Crippen molar-refractivity contribution in [3.8, 4) is 11.3 Å². The number of hydrogen-bond acceptors (Lipinski definition) is 2. The molecule has 1 heterocycles. The van der Waals surface area contributed by atoms with Crippen molar-refractivity contribution < 1.29 is 9.90 Å². The van der Waals surface area contributed by atoms with Gasteiger partial charge in [-0.1, -0.05) is 47.5 Å². The Balaban J connectivity index is 2.52. The van der Waals surface area contributed by atoms with Crippen molar-refractivity contribution in [3.63, 3.8) is 0 Å². The third-order valence-electron chi connectivity index (χ3n) is 2.84. The summed E-state index contributed by atoms with van der Waals surface area (Å²) in [6.07, 6.45) is 1.53. The van der Waals surface area contributed by atoms with Crippen molar-refractivity contribution in [2.75, 3.05) is 0 Å². The molecule has 0 aliphatic heterocycles. The van der Waals surface area contributed by atoms with E-state index >= 15 is 0 Å². The fourth-order valence-electron chi connectivity index (χ4n) is 1.94. The molecule has 4 heteroatoms. The van der Waals surface area contributed by atoms with E-state index in [0.717, 1.165) is 22.2 Å². The number of benzene rings is 1. The molecule has 98 valence electrons. The zero-order valence-electron chi connectivity index (χ0n) is 10.6. The van der Waals surface area contributed by atoms with E-state index in [9.17, 15) is 4.79 Å². The van der Waals surface area contributed by atoms with E-state index < -0.39 is 5.97 Å². The topological polar surface area (TPSA) is 50.2 Å². The van der Waals surface area contributed by atoms with Crippen molar-refractivity contribution in [2.24, 2.45) is 0 Å². The number of aromatic nitrogens is 1. The van der Waals surface area contributed by atoms with E-state index in [-0.39, 0.29) is 5.56 Å². The highest BCUT2D eigenvalue weighted by Crippen LogP contribution is 2.27. The van der Waals surface area contributed by atoms with Crippen LogP contribution in [0, 0.1) is 0 Å². The second-order valence-corrected chi connectivity index (χ2v) is 5.08. The highest BCUT2D eigenvalue weighted by molar-refractivity contribution is 9.10. The summed E-state index contributed by atoms with van der Waals surface area (Å²) in [5.41, 5.74) is 2.69. The van der Waals surface area contributed by atoms with E-state index in [1.165, 1.54) is 0 Å². The first-order chi connectivity index (χ1) is 9.13. The molecule has 0 spiro atoms. The molecule has 0 aliphatic rings. The fourth-order valence-corrected chi connectivity index (χ4v) is 2.43. The number of aromatic carboxylic acids is 1. The van der Waals surface area contributed by atoms with Gasteiger partial charge in [0.25, 0.3) is 0 Å². The summed E-state index contributed by atoms with van der Waals surface area (Å²) in [6, 6.07) is 11.2. The lowest BCUT2D eigenvalue weighted by Gasteiger charge is -2.08. The van der Waals surface area contributed by atoms with Crippen LogP contribution in [-0.2, 0) is 6.42 Å². The van der Waals surface area contributed by atoms with Crippen LogP contribution in [-0.4, -0.2) is 16.1 Å². The molecule has 0 atom stereocenters. The zero-order chi connectivity index (χ0) is 13.8. The van der Waals surface area contributed by atoms with E-state index in [2.05, 4.69) is 20.9 Å². The van der Waals surface area contributed by atoms with Crippen molar-refractivity contribution in [1.29, 1.82) is 0 Å². The average molecular weight is 320 g/mol. The second-order valence-electron chi connectivity index (χ2n) is 4.23. The van der Waals surface area contributed by atoms with Gasteiger partial charge in [-0.2, -0.15) is 0 Å². The van der Waals surface area contributed by atoms with Gasteiger partial charge in [-0.25, -0.2) is 4.79 Å². The summed E-state index contributed by atoms with van der Waals surface area (Å²) in [5.74, 6) is -0.922. The predicted molar refractivity (Wildman–Crippen MR) is 78.3 cm³/mol. The first kappa shape index (κ1) is 13.7. The summed E-state index contributed by atoms with van der Waals surface area (Å²) in [6.45, 7) is 2.01. The number of halogens is 1. The Hall–Kier alpha value is -1.68. The van der Waals surface area contributed by atoms with Gasteiger partial charge in [-0.15, -0.1) is 0 Å². The van der Waals surface area contributed by atoms with Crippen LogP contribution in [0.2, 0.25) is 0 Å². The van der Waals surface area contributed by atoms with Gasteiger partial charge in [0.1, 0.15) is 0 Å². The Kier molecular flexibility index (Phi) is 4.32. The van der Waals surface area contributed by atoms with Crippen molar-refractivity contribution >= 4 is 21.9 Å². The lowest BCUT2D eigenvalue weighted by molar-refractivity contribution is 0.0695. The maximum absolute atomic E-state index is 11.2. The van der Waals surface area contributed by atoms with E-state index in [4.69, 9.17) is 5.11 Å². The second kappa shape index (κ2) is 5.97. The maximum Gasteiger partial charge on any atom is 0.337 e. The third kappa shape index (κ3) is 3.01. The molecular formula is C15H14BrNO2. The highest BCUT2D eigenvalue weighted by atomic mass is 79.9. The van der Waals surface area contributed by atoms with Crippen LogP contribution in [0.1, 0.15) is 29.4 Å². The van der Waals surface area contributed by atoms with Crippen molar-refractivity contribution in [2.45, 2.75) is 19.8 Å². The Labute approximate surface area is 120 Å². The first-order valence-electron chi connectivity index (χ1n) is 6.11. The maximum atomic E-state index is 11.2. The molecule has 1 aromatic carbocycles. The fraction of sp³-hybridized carbons (Fsp3) is 0.200. The Bertz CT molecular complexity index is 611. The zero-order valence-corrected chi connectivity index (χ0v) is 12.1. The number of hydrogen-bond donors (Lipinski definition) is 1. The number of pyridine rings is 1.